The van der Waals surface area contributed by atoms with Gasteiger partial charge in [0.05, 0.1) is 0 Å². The third-order valence-corrected chi connectivity index (χ3v) is 3.71. The van der Waals surface area contributed by atoms with Crippen LogP contribution in [0.4, 0.5) is 0 Å². The van der Waals surface area contributed by atoms with E-state index in [1.807, 2.05) is 0 Å². The maximum absolute atomic E-state index is 10.9. The number of nitrogens with two attached hydrogens (primary N) is 1. The molecule has 0 amide bonds. The van der Waals surface area contributed by atoms with E-state index in [2.05, 4.69) is 5.32 Å². The normalized spacial score (nSPS) is 37.1. The smallest absolute Gasteiger partial charge is 0.276 e. The first kappa shape index (κ1) is 8.43. The molecule has 2 atom stereocenters. The Morgan fingerprint density at radius 3 is 2.75 bits per heavy atom. The maximum Gasteiger partial charge on any atom is 0.276 e. The molecule has 5 nitrogen and oxygen atoms in total. The molecule has 70 valence electrons. The zero-order valence-corrected chi connectivity index (χ0v) is 7.55. The molecule has 3 N–H and O–H groups in total. The summed E-state index contributed by atoms with van der Waals surface area (Å²) in [4.78, 5) is 0. The Labute approximate surface area is 72.1 Å². The lowest BCUT2D eigenvalue weighted by Gasteiger charge is -2.12. The topological polar surface area (TPSA) is 75.4 Å². The average molecular weight is 191 g/mol. The van der Waals surface area contributed by atoms with Crippen LogP contribution in [0.3, 0.4) is 0 Å². The summed E-state index contributed by atoms with van der Waals surface area (Å²) in [6.07, 6.45) is 1.07. The van der Waals surface area contributed by atoms with Gasteiger partial charge >= 0.3 is 0 Å². The van der Waals surface area contributed by atoms with Crippen molar-refractivity contribution in [2.75, 3.05) is 19.6 Å². The van der Waals surface area contributed by atoms with E-state index in [4.69, 9.17) is 5.14 Å². The summed E-state index contributed by atoms with van der Waals surface area (Å²) in [5, 5.41) is 8.27. The highest BCUT2D eigenvalue weighted by molar-refractivity contribution is 7.86. The van der Waals surface area contributed by atoms with Crippen molar-refractivity contribution in [2.45, 2.75) is 12.5 Å². The van der Waals surface area contributed by atoms with E-state index >= 15 is 0 Å². The van der Waals surface area contributed by atoms with E-state index in [1.165, 1.54) is 4.31 Å². The highest BCUT2D eigenvalue weighted by Gasteiger charge is 2.39. The molecule has 2 aliphatic heterocycles. The van der Waals surface area contributed by atoms with Gasteiger partial charge in [0, 0.05) is 19.1 Å². The molecule has 0 saturated carbocycles. The lowest BCUT2D eigenvalue weighted by Crippen LogP contribution is -2.37. The Bertz CT molecular complexity index is 265. The maximum atomic E-state index is 10.9. The molecule has 2 saturated heterocycles. The Kier molecular flexibility index (Phi) is 1.87. The molecular weight excluding hydrogens is 178 g/mol. The van der Waals surface area contributed by atoms with E-state index in [0.29, 0.717) is 25.0 Å². The summed E-state index contributed by atoms with van der Waals surface area (Å²) < 4.78 is 23.2. The molecule has 0 aromatic carbocycles. The van der Waals surface area contributed by atoms with Crippen molar-refractivity contribution in [3.8, 4) is 0 Å². The monoisotopic (exact) mass is 191 g/mol. The Morgan fingerprint density at radius 1 is 1.42 bits per heavy atom. The van der Waals surface area contributed by atoms with E-state index < -0.39 is 10.2 Å². The van der Waals surface area contributed by atoms with Crippen LogP contribution in [-0.2, 0) is 10.2 Å². The fraction of sp³-hybridized carbons (Fsp3) is 1.00. The van der Waals surface area contributed by atoms with Gasteiger partial charge in [-0.15, -0.1) is 0 Å². The molecule has 2 unspecified atom stereocenters. The molecule has 0 aromatic heterocycles. The second-order valence-electron chi connectivity index (χ2n) is 3.47. The van der Waals surface area contributed by atoms with Crippen LogP contribution in [0.2, 0.25) is 0 Å². The van der Waals surface area contributed by atoms with Gasteiger partial charge in [-0.1, -0.05) is 0 Å². The largest absolute Gasteiger partial charge is 0.312 e. The molecule has 2 rings (SSSR count). The molecule has 12 heavy (non-hydrogen) atoms. The van der Waals surface area contributed by atoms with Gasteiger partial charge in [0.15, 0.2) is 0 Å². The van der Waals surface area contributed by atoms with Crippen LogP contribution in [0.1, 0.15) is 6.42 Å². The van der Waals surface area contributed by atoms with Gasteiger partial charge in [0.25, 0.3) is 10.2 Å². The zero-order chi connectivity index (χ0) is 8.77. The summed E-state index contributed by atoms with van der Waals surface area (Å²) in [7, 11) is -3.45. The Hall–Kier alpha value is -0.170. The highest BCUT2D eigenvalue weighted by Crippen LogP contribution is 2.25. The van der Waals surface area contributed by atoms with Crippen molar-refractivity contribution < 1.29 is 8.42 Å². The molecule has 2 heterocycles. The lowest BCUT2D eigenvalue weighted by atomic mass is 10.1. The first-order valence-electron chi connectivity index (χ1n) is 4.08. The van der Waals surface area contributed by atoms with Crippen LogP contribution < -0.4 is 10.5 Å². The van der Waals surface area contributed by atoms with Crippen molar-refractivity contribution in [3.05, 3.63) is 0 Å². The van der Waals surface area contributed by atoms with Crippen LogP contribution in [0.15, 0.2) is 0 Å². The van der Waals surface area contributed by atoms with Crippen molar-refractivity contribution in [2.24, 2.45) is 11.1 Å². The standard InChI is InChI=1S/C6H13N3O2S/c7-12(10,11)9-3-5-1-2-8-6(5)4-9/h5-6,8H,1-4H2,(H2,7,10,11). The van der Waals surface area contributed by atoms with Gasteiger partial charge in [0.1, 0.15) is 0 Å². The molecule has 0 spiro atoms. The average Bonchev–Trinajstić information content (AvgIpc) is 2.37. The minimum Gasteiger partial charge on any atom is -0.312 e. The fourth-order valence-corrected chi connectivity index (χ4v) is 2.79. The summed E-state index contributed by atoms with van der Waals surface area (Å²) in [5.74, 6) is 0.475. The van der Waals surface area contributed by atoms with Gasteiger partial charge < -0.3 is 5.32 Å². The third-order valence-electron chi connectivity index (χ3n) is 2.69. The highest BCUT2D eigenvalue weighted by atomic mass is 32.2. The van der Waals surface area contributed by atoms with E-state index in [1.54, 1.807) is 0 Å². The number of hydrogen-bond donors (Lipinski definition) is 2. The zero-order valence-electron chi connectivity index (χ0n) is 6.73. The number of fused-ring (bicyclic) bond motifs is 1. The molecule has 2 aliphatic rings. The molecule has 0 aliphatic carbocycles. The second-order valence-corrected chi connectivity index (χ2v) is 5.02. The summed E-state index contributed by atoms with van der Waals surface area (Å²) in [6.45, 7) is 2.15. The van der Waals surface area contributed by atoms with Crippen molar-refractivity contribution in [1.82, 2.24) is 9.62 Å². The van der Waals surface area contributed by atoms with Crippen molar-refractivity contribution in [1.29, 1.82) is 0 Å². The van der Waals surface area contributed by atoms with Gasteiger partial charge in [-0.3, -0.25) is 0 Å². The second kappa shape index (κ2) is 2.66. The van der Waals surface area contributed by atoms with Crippen LogP contribution >= 0.6 is 0 Å². The predicted octanol–water partition coefficient (Wildman–Crippen LogP) is -1.52. The van der Waals surface area contributed by atoms with E-state index in [9.17, 15) is 8.42 Å². The fourth-order valence-electron chi connectivity index (χ4n) is 2.02. The number of nitrogens with one attached hydrogen (secondary N) is 1. The summed E-state index contributed by atoms with van der Waals surface area (Å²) >= 11 is 0. The minimum atomic E-state index is -3.45. The van der Waals surface area contributed by atoms with Gasteiger partial charge in [-0.25, -0.2) is 5.14 Å². The molecule has 2 fully saturated rings. The van der Waals surface area contributed by atoms with Crippen molar-refractivity contribution >= 4 is 10.2 Å². The number of rotatable bonds is 1. The molecule has 0 radical (unpaired) electrons. The lowest BCUT2D eigenvalue weighted by molar-refractivity contribution is 0.449. The van der Waals surface area contributed by atoms with Gasteiger partial charge in [0.2, 0.25) is 0 Å². The first-order chi connectivity index (χ1) is 5.57. The van der Waals surface area contributed by atoms with Crippen molar-refractivity contribution in [3.63, 3.8) is 0 Å². The summed E-state index contributed by atoms with van der Waals surface area (Å²) in [5.41, 5.74) is 0. The van der Waals surface area contributed by atoms with Crippen LogP contribution in [0, 0.1) is 5.92 Å². The quantitative estimate of drug-likeness (QED) is 0.529. The Balaban J connectivity index is 2.09. The van der Waals surface area contributed by atoms with E-state index in [0.717, 1.165) is 13.0 Å². The molecule has 0 aromatic rings. The Morgan fingerprint density at radius 2 is 2.17 bits per heavy atom. The molecule has 6 heteroatoms. The van der Waals surface area contributed by atoms with Crippen LogP contribution in [0.25, 0.3) is 0 Å². The van der Waals surface area contributed by atoms with E-state index in [-0.39, 0.29) is 0 Å². The molecular formula is C6H13N3O2S. The minimum absolute atomic E-state index is 0.336. The van der Waals surface area contributed by atoms with Gasteiger partial charge in [-0.2, -0.15) is 12.7 Å². The molecule has 0 bridgehead atoms. The van der Waals surface area contributed by atoms with Crippen LogP contribution in [-0.4, -0.2) is 38.4 Å². The predicted molar refractivity (Wildman–Crippen MR) is 44.6 cm³/mol. The summed E-state index contributed by atoms with van der Waals surface area (Å²) in [6, 6.07) is 0.336. The van der Waals surface area contributed by atoms with Gasteiger partial charge in [-0.05, 0) is 18.9 Å². The van der Waals surface area contributed by atoms with Crippen LogP contribution in [0.5, 0.6) is 0 Å². The number of nitrogens with zero attached hydrogens (tertiary/aromatic N) is 1. The SMILES string of the molecule is NS(=O)(=O)N1CC2CCNC2C1. The first-order valence-corrected chi connectivity index (χ1v) is 5.59. The third kappa shape index (κ3) is 1.35. The number of hydrogen-bond acceptors (Lipinski definition) is 3.